The standard InChI is InChI=1S/C11H11ClF3N3O2/c1-5(9(19)18-10(16)20)17-8-3-6(11(13,14)15)2-7(12)4-8/h2-5,17H,1H3,(H3,16,18,19,20). The van der Waals surface area contributed by atoms with E-state index in [1.807, 2.05) is 0 Å². The van der Waals surface area contributed by atoms with Crippen LogP contribution in [0.1, 0.15) is 12.5 Å². The number of urea groups is 1. The van der Waals surface area contributed by atoms with Crippen molar-refractivity contribution in [3.05, 3.63) is 28.8 Å². The zero-order chi connectivity index (χ0) is 15.5. The van der Waals surface area contributed by atoms with Crippen LogP contribution in [-0.4, -0.2) is 18.0 Å². The van der Waals surface area contributed by atoms with E-state index in [1.165, 1.54) is 13.0 Å². The van der Waals surface area contributed by atoms with E-state index in [2.05, 4.69) is 5.32 Å². The maximum atomic E-state index is 12.6. The van der Waals surface area contributed by atoms with Crippen molar-refractivity contribution in [3.63, 3.8) is 0 Å². The molecule has 1 unspecified atom stereocenters. The maximum absolute atomic E-state index is 12.6. The molecule has 0 radical (unpaired) electrons. The zero-order valence-corrected chi connectivity index (χ0v) is 11.0. The monoisotopic (exact) mass is 309 g/mol. The molecule has 0 bridgehead atoms. The molecule has 0 aliphatic heterocycles. The topological polar surface area (TPSA) is 84.2 Å². The third-order valence-electron chi connectivity index (χ3n) is 2.25. The number of carbonyl (C=O) groups excluding carboxylic acids is 2. The van der Waals surface area contributed by atoms with Crippen molar-refractivity contribution < 1.29 is 22.8 Å². The first-order chi connectivity index (χ1) is 9.09. The number of carbonyl (C=O) groups is 2. The van der Waals surface area contributed by atoms with Gasteiger partial charge in [0, 0.05) is 10.7 Å². The number of primary amides is 1. The number of hydrogen-bond donors (Lipinski definition) is 3. The summed E-state index contributed by atoms with van der Waals surface area (Å²) >= 11 is 5.59. The van der Waals surface area contributed by atoms with Crippen LogP contribution in [-0.2, 0) is 11.0 Å². The highest BCUT2D eigenvalue weighted by molar-refractivity contribution is 6.31. The molecule has 4 N–H and O–H groups in total. The summed E-state index contributed by atoms with van der Waals surface area (Å²) in [5.74, 6) is -0.772. The molecule has 110 valence electrons. The molecule has 0 aliphatic rings. The summed E-state index contributed by atoms with van der Waals surface area (Å²) in [5, 5.41) is 4.17. The SMILES string of the molecule is CC(Nc1cc(Cl)cc(C(F)(F)F)c1)C(=O)NC(N)=O. The number of benzene rings is 1. The highest BCUT2D eigenvalue weighted by Crippen LogP contribution is 2.33. The second-order valence-electron chi connectivity index (χ2n) is 3.95. The van der Waals surface area contributed by atoms with E-state index in [-0.39, 0.29) is 10.7 Å². The Morgan fingerprint density at radius 2 is 1.90 bits per heavy atom. The quantitative estimate of drug-likeness (QED) is 0.801. The number of halogens is 4. The summed E-state index contributed by atoms with van der Waals surface area (Å²) < 4.78 is 37.8. The van der Waals surface area contributed by atoms with Gasteiger partial charge in [0.25, 0.3) is 0 Å². The van der Waals surface area contributed by atoms with Gasteiger partial charge in [-0.3, -0.25) is 10.1 Å². The molecule has 0 saturated carbocycles. The Balaban J connectivity index is 2.90. The first-order valence-electron chi connectivity index (χ1n) is 5.34. The van der Waals surface area contributed by atoms with Crippen LogP contribution in [0.2, 0.25) is 5.02 Å². The molecular weight excluding hydrogens is 299 g/mol. The van der Waals surface area contributed by atoms with Gasteiger partial charge in [0.05, 0.1) is 5.56 Å². The Hall–Kier alpha value is -1.96. The molecule has 0 aliphatic carbocycles. The molecule has 20 heavy (non-hydrogen) atoms. The lowest BCUT2D eigenvalue weighted by Gasteiger charge is -2.16. The lowest BCUT2D eigenvalue weighted by atomic mass is 10.1. The summed E-state index contributed by atoms with van der Waals surface area (Å²) in [6, 6.07) is 0.777. The molecule has 1 rings (SSSR count). The van der Waals surface area contributed by atoms with E-state index in [0.29, 0.717) is 0 Å². The molecule has 0 heterocycles. The summed E-state index contributed by atoms with van der Waals surface area (Å²) in [7, 11) is 0. The molecule has 9 heteroatoms. The lowest BCUT2D eigenvalue weighted by molar-refractivity contribution is -0.137. The van der Waals surface area contributed by atoms with Crippen LogP contribution in [0, 0.1) is 0 Å². The Bertz CT molecular complexity index is 534. The summed E-state index contributed by atoms with van der Waals surface area (Å²) in [6.07, 6.45) is -4.56. The van der Waals surface area contributed by atoms with Crippen molar-refractivity contribution in [2.24, 2.45) is 5.73 Å². The second-order valence-corrected chi connectivity index (χ2v) is 4.38. The van der Waals surface area contributed by atoms with Crippen LogP contribution in [0.25, 0.3) is 0 Å². The lowest BCUT2D eigenvalue weighted by Crippen LogP contribution is -2.43. The summed E-state index contributed by atoms with van der Waals surface area (Å²) in [5.41, 5.74) is 3.81. The molecule has 1 aromatic carbocycles. The third-order valence-corrected chi connectivity index (χ3v) is 2.47. The van der Waals surface area contributed by atoms with Crippen LogP contribution >= 0.6 is 11.6 Å². The van der Waals surface area contributed by atoms with Crippen molar-refractivity contribution in [1.82, 2.24) is 5.32 Å². The highest BCUT2D eigenvalue weighted by Gasteiger charge is 2.31. The summed E-state index contributed by atoms with van der Waals surface area (Å²) in [6.45, 7) is 1.35. The number of nitrogens with two attached hydrogens (primary N) is 1. The first-order valence-corrected chi connectivity index (χ1v) is 5.72. The average molecular weight is 310 g/mol. The number of hydrogen-bond acceptors (Lipinski definition) is 3. The van der Waals surface area contributed by atoms with E-state index in [9.17, 15) is 22.8 Å². The van der Waals surface area contributed by atoms with Gasteiger partial charge >= 0.3 is 12.2 Å². The van der Waals surface area contributed by atoms with E-state index in [1.54, 1.807) is 5.32 Å². The average Bonchev–Trinajstić information content (AvgIpc) is 2.25. The molecule has 5 nitrogen and oxygen atoms in total. The fourth-order valence-electron chi connectivity index (χ4n) is 1.38. The van der Waals surface area contributed by atoms with Gasteiger partial charge in [-0.15, -0.1) is 0 Å². The van der Waals surface area contributed by atoms with Crippen molar-refractivity contribution >= 4 is 29.2 Å². The van der Waals surface area contributed by atoms with Gasteiger partial charge in [0.15, 0.2) is 0 Å². The van der Waals surface area contributed by atoms with E-state index >= 15 is 0 Å². The smallest absolute Gasteiger partial charge is 0.374 e. The molecule has 0 aromatic heterocycles. The predicted octanol–water partition coefficient (Wildman–Crippen LogP) is 2.35. The largest absolute Gasteiger partial charge is 0.416 e. The van der Waals surface area contributed by atoms with Crippen LogP contribution in [0.15, 0.2) is 18.2 Å². The number of nitrogens with one attached hydrogen (secondary N) is 2. The van der Waals surface area contributed by atoms with Gasteiger partial charge in [0.1, 0.15) is 6.04 Å². The Labute approximate surface area is 117 Å². The molecule has 0 spiro atoms. The van der Waals surface area contributed by atoms with Gasteiger partial charge in [-0.05, 0) is 25.1 Å². The third kappa shape index (κ3) is 4.61. The maximum Gasteiger partial charge on any atom is 0.416 e. The number of alkyl halides is 3. The predicted molar refractivity (Wildman–Crippen MR) is 67.3 cm³/mol. The summed E-state index contributed by atoms with van der Waals surface area (Å²) in [4.78, 5) is 21.9. The Morgan fingerprint density at radius 3 is 2.40 bits per heavy atom. The normalized spacial score (nSPS) is 12.7. The second kappa shape index (κ2) is 6.00. The zero-order valence-electron chi connectivity index (χ0n) is 10.2. The van der Waals surface area contributed by atoms with E-state index in [4.69, 9.17) is 17.3 Å². The van der Waals surface area contributed by atoms with E-state index in [0.717, 1.165) is 12.1 Å². The molecular formula is C11H11ClF3N3O2. The fourth-order valence-corrected chi connectivity index (χ4v) is 1.62. The minimum absolute atomic E-state index is 0.00283. The number of amides is 3. The van der Waals surface area contributed by atoms with Crippen molar-refractivity contribution in [1.29, 1.82) is 0 Å². The minimum atomic E-state index is -4.56. The Kier molecular flexibility index (Phi) is 4.83. The number of rotatable bonds is 3. The van der Waals surface area contributed by atoms with Gasteiger partial charge in [0.2, 0.25) is 5.91 Å². The first kappa shape index (κ1) is 16.1. The van der Waals surface area contributed by atoms with Gasteiger partial charge in [-0.2, -0.15) is 13.2 Å². The molecule has 0 saturated heterocycles. The van der Waals surface area contributed by atoms with Crippen molar-refractivity contribution in [2.45, 2.75) is 19.1 Å². The van der Waals surface area contributed by atoms with Gasteiger partial charge in [-0.1, -0.05) is 11.6 Å². The molecule has 1 atom stereocenters. The highest BCUT2D eigenvalue weighted by atomic mass is 35.5. The number of anilines is 1. The van der Waals surface area contributed by atoms with Crippen LogP contribution in [0.3, 0.4) is 0 Å². The molecule has 1 aromatic rings. The van der Waals surface area contributed by atoms with E-state index < -0.39 is 29.7 Å². The molecule has 3 amide bonds. The van der Waals surface area contributed by atoms with Gasteiger partial charge in [-0.25, -0.2) is 4.79 Å². The van der Waals surface area contributed by atoms with Crippen molar-refractivity contribution in [2.75, 3.05) is 5.32 Å². The fraction of sp³-hybridized carbons (Fsp3) is 0.273. The minimum Gasteiger partial charge on any atom is -0.374 e. The van der Waals surface area contributed by atoms with Crippen LogP contribution in [0.4, 0.5) is 23.7 Å². The number of imide groups is 1. The van der Waals surface area contributed by atoms with Gasteiger partial charge < -0.3 is 11.1 Å². The van der Waals surface area contributed by atoms with Crippen LogP contribution < -0.4 is 16.4 Å². The van der Waals surface area contributed by atoms with Crippen molar-refractivity contribution in [3.8, 4) is 0 Å². The van der Waals surface area contributed by atoms with Crippen LogP contribution in [0.5, 0.6) is 0 Å². The molecule has 0 fully saturated rings. The Morgan fingerprint density at radius 1 is 1.30 bits per heavy atom.